The molecule has 0 unspecified atom stereocenters. The van der Waals surface area contributed by atoms with Crippen LogP contribution in [0.15, 0.2) is 0 Å². The summed E-state index contributed by atoms with van der Waals surface area (Å²) >= 11 is 0. The second-order valence-electron chi connectivity index (χ2n) is 2.57. The summed E-state index contributed by atoms with van der Waals surface area (Å²) in [4.78, 5) is 0. The Morgan fingerprint density at radius 1 is 1.40 bits per heavy atom. The molecule has 0 N–H and O–H groups in total. The molecule has 0 spiro atoms. The Hall–Kier alpha value is 0.910. The summed E-state index contributed by atoms with van der Waals surface area (Å²) < 4.78 is 29.9. The van der Waals surface area contributed by atoms with E-state index in [1.807, 2.05) is 0 Å². The monoisotopic (exact) mass is 174 g/mol. The van der Waals surface area contributed by atoms with E-state index >= 15 is 0 Å². The molecule has 0 aromatic carbocycles. The topological polar surface area (TPSA) is 57.2 Å². The molecule has 0 aromatic rings. The van der Waals surface area contributed by atoms with E-state index < -0.39 is 14.9 Å². The summed E-state index contributed by atoms with van der Waals surface area (Å²) in [5, 5.41) is 0. The fourth-order valence-corrected chi connectivity index (χ4v) is 0.530. The van der Waals surface area contributed by atoms with E-state index in [2.05, 4.69) is 0 Å². The average molecular weight is 174 g/mol. The molecule has 5 heteroatoms. The first-order valence-electron chi connectivity index (χ1n) is 2.76. The van der Waals surface area contributed by atoms with Crippen molar-refractivity contribution in [1.29, 1.82) is 0 Å². The molecule has 0 bridgehead atoms. The van der Waals surface area contributed by atoms with Crippen LogP contribution in [0.3, 0.4) is 0 Å². The van der Waals surface area contributed by atoms with Crippen LogP contribution in [0, 0.1) is 0 Å². The van der Waals surface area contributed by atoms with Crippen LogP contribution in [0.1, 0.15) is 27.2 Å². The number of hydrogen-bond donors (Lipinski definition) is 0. The molecule has 0 aromatic heterocycles. The van der Waals surface area contributed by atoms with E-state index in [1.165, 1.54) is 13.8 Å². The predicted molar refractivity (Wildman–Crippen MR) is 34.1 cm³/mol. The van der Waals surface area contributed by atoms with Crippen molar-refractivity contribution in [2.24, 2.45) is 0 Å². The van der Waals surface area contributed by atoms with Crippen molar-refractivity contribution in [2.45, 2.75) is 31.9 Å². The standard InChI is InChI=1S/C5H12O3S.Na/c1-4-5(2,3)9(6,7)8;/h4H2,1-3H3,(H,6,7,8);/q;+1/p-1. The molecule has 0 atom stereocenters. The Labute approximate surface area is 84.2 Å². The van der Waals surface area contributed by atoms with Crippen molar-refractivity contribution in [2.75, 3.05) is 0 Å². The summed E-state index contributed by atoms with van der Waals surface area (Å²) in [7, 11) is -4.10. The van der Waals surface area contributed by atoms with Crippen LogP contribution < -0.4 is 29.6 Å². The van der Waals surface area contributed by atoms with Crippen molar-refractivity contribution in [3.63, 3.8) is 0 Å². The maximum atomic E-state index is 10.3. The summed E-state index contributed by atoms with van der Waals surface area (Å²) in [6.07, 6.45) is 0.360. The maximum absolute atomic E-state index is 10.3. The van der Waals surface area contributed by atoms with E-state index in [0.717, 1.165) is 0 Å². The van der Waals surface area contributed by atoms with Gasteiger partial charge in [-0.15, -0.1) is 0 Å². The van der Waals surface area contributed by atoms with Crippen molar-refractivity contribution >= 4 is 10.1 Å². The Balaban J connectivity index is 0. The van der Waals surface area contributed by atoms with Crippen molar-refractivity contribution in [3.05, 3.63) is 0 Å². The zero-order chi connectivity index (χ0) is 7.71. The third kappa shape index (κ3) is 3.34. The van der Waals surface area contributed by atoms with Gasteiger partial charge in [0, 0.05) is 0 Å². The zero-order valence-corrected chi connectivity index (χ0v) is 9.66. The van der Waals surface area contributed by atoms with E-state index in [-0.39, 0.29) is 29.6 Å². The summed E-state index contributed by atoms with van der Waals surface area (Å²) in [6.45, 7) is 4.53. The van der Waals surface area contributed by atoms with Gasteiger partial charge in [0.05, 0.1) is 14.9 Å². The van der Waals surface area contributed by atoms with Gasteiger partial charge in [0.2, 0.25) is 0 Å². The molecule has 0 aliphatic heterocycles. The van der Waals surface area contributed by atoms with Gasteiger partial charge in [0.15, 0.2) is 0 Å². The second-order valence-corrected chi connectivity index (χ2v) is 4.58. The van der Waals surface area contributed by atoms with Crippen molar-refractivity contribution in [3.8, 4) is 0 Å². The first kappa shape index (κ1) is 13.5. The third-order valence-corrected chi connectivity index (χ3v) is 3.17. The predicted octanol–water partition coefficient (Wildman–Crippen LogP) is -2.28. The van der Waals surface area contributed by atoms with Gasteiger partial charge >= 0.3 is 29.6 Å². The smallest absolute Gasteiger partial charge is 0.748 e. The fourth-order valence-electron chi connectivity index (χ4n) is 0.177. The van der Waals surface area contributed by atoms with Crippen LogP contribution in [-0.2, 0) is 10.1 Å². The maximum Gasteiger partial charge on any atom is 1.00 e. The summed E-state index contributed by atoms with van der Waals surface area (Å²) in [5.74, 6) is 0. The van der Waals surface area contributed by atoms with Crippen LogP contribution in [0.4, 0.5) is 0 Å². The van der Waals surface area contributed by atoms with Crippen LogP contribution in [-0.4, -0.2) is 17.7 Å². The normalized spacial score (nSPS) is 12.4. The zero-order valence-electron chi connectivity index (χ0n) is 6.84. The average Bonchev–Trinajstić information content (AvgIpc) is 1.64. The molecular weight excluding hydrogens is 163 g/mol. The summed E-state index contributed by atoms with van der Waals surface area (Å²) in [6, 6.07) is 0. The van der Waals surface area contributed by atoms with Gasteiger partial charge in [-0.1, -0.05) is 6.92 Å². The minimum atomic E-state index is -4.10. The molecule has 0 aliphatic carbocycles. The van der Waals surface area contributed by atoms with Gasteiger partial charge in [-0.2, -0.15) is 0 Å². The van der Waals surface area contributed by atoms with Gasteiger partial charge in [-0.25, -0.2) is 8.42 Å². The minimum Gasteiger partial charge on any atom is -0.748 e. The Morgan fingerprint density at radius 2 is 1.70 bits per heavy atom. The molecule has 0 aliphatic rings. The first-order chi connectivity index (χ1) is 3.81. The Morgan fingerprint density at radius 3 is 1.70 bits per heavy atom. The number of hydrogen-bond acceptors (Lipinski definition) is 3. The van der Waals surface area contributed by atoms with Crippen LogP contribution in [0.25, 0.3) is 0 Å². The molecule has 3 nitrogen and oxygen atoms in total. The number of rotatable bonds is 2. The second kappa shape index (κ2) is 4.07. The van der Waals surface area contributed by atoms with Crippen LogP contribution >= 0.6 is 0 Å². The third-order valence-electron chi connectivity index (χ3n) is 1.53. The minimum absolute atomic E-state index is 0. The molecule has 0 saturated heterocycles. The molecular formula is C5H11NaO3S. The van der Waals surface area contributed by atoms with Crippen LogP contribution in [0.2, 0.25) is 0 Å². The summed E-state index contributed by atoms with van der Waals surface area (Å²) in [5.41, 5.74) is 0. The van der Waals surface area contributed by atoms with Gasteiger partial charge in [0.25, 0.3) is 0 Å². The van der Waals surface area contributed by atoms with E-state index in [1.54, 1.807) is 6.92 Å². The van der Waals surface area contributed by atoms with E-state index in [9.17, 15) is 13.0 Å². The first-order valence-corrected chi connectivity index (χ1v) is 4.17. The van der Waals surface area contributed by atoms with E-state index in [4.69, 9.17) is 0 Å². The molecule has 56 valence electrons. The molecule has 0 heterocycles. The molecule has 0 rings (SSSR count). The van der Waals surface area contributed by atoms with Gasteiger partial charge < -0.3 is 4.55 Å². The molecule has 0 amide bonds. The molecule has 0 fully saturated rings. The van der Waals surface area contributed by atoms with Crippen LogP contribution in [0.5, 0.6) is 0 Å². The SMILES string of the molecule is CCC(C)(C)S(=O)(=O)[O-].[Na+]. The molecule has 10 heavy (non-hydrogen) atoms. The molecule has 0 saturated carbocycles. The molecule has 0 radical (unpaired) electrons. The van der Waals surface area contributed by atoms with Crippen molar-refractivity contribution in [1.82, 2.24) is 0 Å². The van der Waals surface area contributed by atoms with Gasteiger partial charge in [-0.3, -0.25) is 0 Å². The van der Waals surface area contributed by atoms with Gasteiger partial charge in [-0.05, 0) is 20.3 Å². The Kier molecular flexibility index (Phi) is 5.49. The van der Waals surface area contributed by atoms with E-state index in [0.29, 0.717) is 6.42 Å². The Bertz CT molecular complexity index is 183. The fraction of sp³-hybridized carbons (Fsp3) is 1.00. The van der Waals surface area contributed by atoms with Crippen molar-refractivity contribution < 1.29 is 42.5 Å². The largest absolute Gasteiger partial charge is 1.00 e. The van der Waals surface area contributed by atoms with Gasteiger partial charge in [0.1, 0.15) is 0 Å². The quantitative estimate of drug-likeness (QED) is 0.350.